The Morgan fingerprint density at radius 2 is 2.00 bits per heavy atom. The molecule has 4 atom stereocenters. The Morgan fingerprint density at radius 1 is 1.33 bits per heavy atom. The smallest absolute Gasteiger partial charge is 0.0690 e. The summed E-state index contributed by atoms with van der Waals surface area (Å²) in [5.41, 5.74) is 0.637. The monoisotopic (exact) mass is 210 g/mol. The molecule has 0 radical (unpaired) electrons. The third kappa shape index (κ3) is 1.84. The van der Waals surface area contributed by atoms with Gasteiger partial charge >= 0.3 is 0 Å². The lowest BCUT2D eigenvalue weighted by Gasteiger charge is -2.38. The maximum atomic E-state index is 6.40. The molecule has 1 nitrogen and oxygen atoms in total. The van der Waals surface area contributed by atoms with E-state index >= 15 is 0 Å². The zero-order valence-electron chi connectivity index (χ0n) is 11.0. The van der Waals surface area contributed by atoms with Gasteiger partial charge in [-0.1, -0.05) is 27.7 Å². The van der Waals surface area contributed by atoms with Crippen LogP contribution in [-0.2, 0) is 4.74 Å². The van der Waals surface area contributed by atoms with Gasteiger partial charge < -0.3 is 4.74 Å². The predicted molar refractivity (Wildman–Crippen MR) is 63.9 cm³/mol. The number of hydrogen-bond acceptors (Lipinski definition) is 1. The van der Waals surface area contributed by atoms with E-state index in [1.54, 1.807) is 0 Å². The number of fused-ring (bicyclic) bond motifs is 2. The van der Waals surface area contributed by atoms with Crippen LogP contribution in [-0.4, -0.2) is 11.7 Å². The Bertz CT molecular complexity index is 248. The molecule has 1 aliphatic carbocycles. The first kappa shape index (κ1) is 11.4. The summed E-state index contributed by atoms with van der Waals surface area (Å²) < 4.78 is 6.40. The van der Waals surface area contributed by atoms with Gasteiger partial charge in [-0.05, 0) is 49.9 Å². The van der Waals surface area contributed by atoms with E-state index in [2.05, 4.69) is 34.6 Å². The molecule has 2 unspecified atom stereocenters. The molecule has 2 bridgehead atoms. The summed E-state index contributed by atoms with van der Waals surface area (Å²) in [5.74, 6) is 1.49. The van der Waals surface area contributed by atoms with Crippen LogP contribution in [0, 0.1) is 17.3 Å². The molecule has 1 heteroatoms. The van der Waals surface area contributed by atoms with E-state index in [1.165, 1.54) is 25.7 Å². The largest absolute Gasteiger partial charge is 0.371 e. The minimum atomic E-state index is 0.173. The third-order valence-electron chi connectivity index (χ3n) is 4.82. The zero-order valence-corrected chi connectivity index (χ0v) is 11.0. The minimum Gasteiger partial charge on any atom is -0.371 e. The Morgan fingerprint density at radius 3 is 2.53 bits per heavy atom. The first-order chi connectivity index (χ1) is 6.86. The van der Waals surface area contributed by atoms with Crippen LogP contribution >= 0.6 is 0 Å². The van der Waals surface area contributed by atoms with Gasteiger partial charge in [-0.2, -0.15) is 0 Å². The first-order valence-corrected chi connectivity index (χ1v) is 6.53. The maximum Gasteiger partial charge on any atom is 0.0690 e. The lowest BCUT2D eigenvalue weighted by Crippen LogP contribution is -2.37. The molecular formula is C14H26O. The zero-order chi connectivity index (χ0) is 11.3. The topological polar surface area (TPSA) is 9.23 Å². The van der Waals surface area contributed by atoms with Crippen LogP contribution in [0.1, 0.15) is 60.3 Å². The van der Waals surface area contributed by atoms with Crippen LogP contribution in [0.5, 0.6) is 0 Å². The summed E-state index contributed by atoms with van der Waals surface area (Å²) in [6.45, 7) is 11.7. The molecule has 0 N–H and O–H groups in total. The third-order valence-corrected chi connectivity index (χ3v) is 4.82. The number of hydrogen-bond donors (Lipinski definition) is 0. The van der Waals surface area contributed by atoms with Crippen molar-refractivity contribution in [2.75, 3.05) is 0 Å². The van der Waals surface area contributed by atoms with Crippen LogP contribution in [0.4, 0.5) is 0 Å². The fourth-order valence-corrected chi connectivity index (χ4v) is 3.58. The van der Waals surface area contributed by atoms with Crippen molar-refractivity contribution in [1.82, 2.24) is 0 Å². The predicted octanol–water partition coefficient (Wildman–Crippen LogP) is 4.02. The van der Waals surface area contributed by atoms with Gasteiger partial charge in [-0.15, -0.1) is 0 Å². The summed E-state index contributed by atoms with van der Waals surface area (Å²) in [5, 5.41) is 0. The molecule has 0 amide bonds. The molecule has 0 spiro atoms. The van der Waals surface area contributed by atoms with E-state index < -0.39 is 0 Å². The summed E-state index contributed by atoms with van der Waals surface area (Å²) in [7, 11) is 0. The summed E-state index contributed by atoms with van der Waals surface area (Å²) >= 11 is 0. The molecule has 1 saturated carbocycles. The van der Waals surface area contributed by atoms with Crippen LogP contribution in [0.3, 0.4) is 0 Å². The SMILES string of the molecule is CC(C)CC1OC2(C)C[C@@]1(C)CC[C@@H]2C. The minimum absolute atomic E-state index is 0.173. The highest BCUT2D eigenvalue weighted by Gasteiger charge is 2.55. The van der Waals surface area contributed by atoms with Gasteiger partial charge in [0.05, 0.1) is 11.7 Å². The van der Waals surface area contributed by atoms with Gasteiger partial charge in [-0.25, -0.2) is 0 Å². The molecular weight excluding hydrogens is 184 g/mol. The van der Waals surface area contributed by atoms with Crippen LogP contribution < -0.4 is 0 Å². The van der Waals surface area contributed by atoms with Crippen molar-refractivity contribution >= 4 is 0 Å². The number of ether oxygens (including phenoxy) is 1. The van der Waals surface area contributed by atoms with Crippen molar-refractivity contribution < 1.29 is 4.74 Å². The molecule has 0 aromatic rings. The van der Waals surface area contributed by atoms with E-state index in [0.717, 1.165) is 11.8 Å². The maximum absolute atomic E-state index is 6.40. The van der Waals surface area contributed by atoms with Crippen LogP contribution in [0.2, 0.25) is 0 Å². The van der Waals surface area contributed by atoms with Crippen molar-refractivity contribution in [3.05, 3.63) is 0 Å². The second-order valence-electron chi connectivity index (χ2n) is 6.82. The van der Waals surface area contributed by atoms with Crippen molar-refractivity contribution in [2.45, 2.75) is 72.0 Å². The summed E-state index contributed by atoms with van der Waals surface area (Å²) in [6.07, 6.45) is 5.73. The average Bonchev–Trinajstić information content (AvgIpc) is 2.30. The van der Waals surface area contributed by atoms with Gasteiger partial charge in [0, 0.05) is 0 Å². The standard InChI is InChI=1S/C14H26O/c1-10(2)8-12-13(4)7-6-11(3)14(5,9-13)15-12/h10-12H,6-9H2,1-5H3/t11-,12?,13+,14?/m0/s1. The average molecular weight is 210 g/mol. The lowest BCUT2D eigenvalue weighted by atomic mass is 9.65. The first-order valence-electron chi connectivity index (χ1n) is 6.53. The van der Waals surface area contributed by atoms with Crippen LogP contribution in [0.25, 0.3) is 0 Å². The number of rotatable bonds is 2. The van der Waals surface area contributed by atoms with E-state index in [4.69, 9.17) is 4.74 Å². The molecule has 2 fully saturated rings. The Kier molecular flexibility index (Phi) is 2.65. The van der Waals surface area contributed by atoms with Gasteiger partial charge in [-0.3, -0.25) is 0 Å². The molecule has 1 saturated heterocycles. The van der Waals surface area contributed by atoms with Crippen molar-refractivity contribution in [2.24, 2.45) is 17.3 Å². The molecule has 2 aliphatic rings. The second-order valence-corrected chi connectivity index (χ2v) is 6.82. The molecule has 2 rings (SSSR count). The normalized spacial score (nSPS) is 50.0. The molecule has 0 aromatic carbocycles. The van der Waals surface area contributed by atoms with E-state index in [1.807, 2.05) is 0 Å². The highest BCUT2D eigenvalue weighted by Crippen LogP contribution is 2.56. The fourth-order valence-electron chi connectivity index (χ4n) is 3.58. The van der Waals surface area contributed by atoms with Crippen molar-refractivity contribution in [3.63, 3.8) is 0 Å². The van der Waals surface area contributed by atoms with E-state index in [0.29, 0.717) is 11.5 Å². The van der Waals surface area contributed by atoms with Gasteiger partial charge in [0.25, 0.3) is 0 Å². The summed E-state index contributed by atoms with van der Waals surface area (Å²) in [4.78, 5) is 0. The fraction of sp³-hybridized carbons (Fsp3) is 1.00. The highest BCUT2D eigenvalue weighted by atomic mass is 16.5. The van der Waals surface area contributed by atoms with Crippen molar-refractivity contribution in [1.29, 1.82) is 0 Å². The summed E-state index contributed by atoms with van der Waals surface area (Å²) in [6, 6.07) is 0. The highest BCUT2D eigenvalue weighted by molar-refractivity contribution is 5.04. The second kappa shape index (κ2) is 3.48. The molecule has 1 aliphatic heterocycles. The molecule has 88 valence electrons. The lowest BCUT2D eigenvalue weighted by molar-refractivity contribution is -0.0667. The Hall–Kier alpha value is -0.0400. The quantitative estimate of drug-likeness (QED) is 0.669. The molecule has 15 heavy (non-hydrogen) atoms. The van der Waals surface area contributed by atoms with E-state index in [9.17, 15) is 0 Å². The van der Waals surface area contributed by atoms with Gasteiger partial charge in [0.1, 0.15) is 0 Å². The van der Waals surface area contributed by atoms with Gasteiger partial charge in [0.2, 0.25) is 0 Å². The van der Waals surface area contributed by atoms with Crippen LogP contribution in [0.15, 0.2) is 0 Å². The van der Waals surface area contributed by atoms with Crippen molar-refractivity contribution in [3.8, 4) is 0 Å². The Balaban J connectivity index is 2.16. The molecule has 1 heterocycles. The Labute approximate surface area is 94.6 Å². The van der Waals surface area contributed by atoms with E-state index in [-0.39, 0.29) is 5.60 Å². The van der Waals surface area contributed by atoms with Gasteiger partial charge in [0.15, 0.2) is 0 Å². The molecule has 0 aromatic heterocycles.